The van der Waals surface area contributed by atoms with Crippen molar-refractivity contribution in [2.75, 3.05) is 13.2 Å². The molecule has 0 amide bonds. The minimum Gasteiger partial charge on any atom is -0.481 e. The van der Waals surface area contributed by atoms with E-state index in [4.69, 9.17) is 9.47 Å². The summed E-state index contributed by atoms with van der Waals surface area (Å²) in [7, 11) is -3.82. The van der Waals surface area contributed by atoms with Crippen molar-refractivity contribution in [2.45, 2.75) is 37.8 Å². The van der Waals surface area contributed by atoms with Gasteiger partial charge in [-0.2, -0.15) is 0 Å². The smallest absolute Gasteiger partial charge is 0.324 e. The number of hydrogen-bond acceptors (Lipinski definition) is 5. The lowest BCUT2D eigenvalue weighted by Crippen LogP contribution is -2.36. The van der Waals surface area contributed by atoms with E-state index in [0.717, 1.165) is 0 Å². The first-order valence-corrected chi connectivity index (χ1v) is 8.92. The molecule has 6 heteroatoms. The highest BCUT2D eigenvalue weighted by molar-refractivity contribution is 7.92. The third kappa shape index (κ3) is 5.00. The zero-order valence-electron chi connectivity index (χ0n) is 13.8. The Morgan fingerprint density at radius 3 is 2.30 bits per heavy atom. The highest BCUT2D eigenvalue weighted by Crippen LogP contribution is 2.24. The van der Waals surface area contributed by atoms with Crippen LogP contribution in [0.4, 0.5) is 0 Å². The van der Waals surface area contributed by atoms with Crippen LogP contribution in [0.3, 0.4) is 0 Å². The normalized spacial score (nSPS) is 12.2. The Morgan fingerprint density at radius 2 is 1.83 bits per heavy atom. The molecule has 0 fully saturated rings. The predicted octanol–water partition coefficient (Wildman–Crippen LogP) is 2.45. The molecule has 0 spiro atoms. The van der Waals surface area contributed by atoms with Gasteiger partial charge in [-0.05, 0) is 44.0 Å². The summed E-state index contributed by atoms with van der Waals surface area (Å²) < 4.78 is 35.6. The molecular formula is C17H22O5S. The predicted molar refractivity (Wildman–Crippen MR) is 87.8 cm³/mol. The summed E-state index contributed by atoms with van der Waals surface area (Å²) in [5.41, 5.74) is 0. The Kier molecular flexibility index (Phi) is 7.11. The van der Waals surface area contributed by atoms with E-state index >= 15 is 0 Å². The summed E-state index contributed by atoms with van der Waals surface area (Å²) in [4.78, 5) is 12.1. The van der Waals surface area contributed by atoms with E-state index in [1.165, 1.54) is 12.1 Å². The largest absolute Gasteiger partial charge is 0.481 e. The van der Waals surface area contributed by atoms with Gasteiger partial charge in [0.15, 0.2) is 15.1 Å². The van der Waals surface area contributed by atoms with Crippen LogP contribution in [0.15, 0.2) is 29.2 Å². The molecule has 1 aromatic rings. The molecule has 5 nitrogen and oxygen atoms in total. The van der Waals surface area contributed by atoms with Crippen LogP contribution in [0.2, 0.25) is 0 Å². The van der Waals surface area contributed by atoms with Crippen molar-refractivity contribution in [3.05, 3.63) is 24.3 Å². The van der Waals surface area contributed by atoms with Gasteiger partial charge in [0.2, 0.25) is 0 Å². The minimum absolute atomic E-state index is 0.0678. The number of hydrogen-bond donors (Lipinski definition) is 0. The minimum atomic E-state index is -3.82. The van der Waals surface area contributed by atoms with Gasteiger partial charge in [-0.1, -0.05) is 19.8 Å². The summed E-state index contributed by atoms with van der Waals surface area (Å²) in [6.07, 6.45) is 0. The molecule has 0 aliphatic carbocycles. The highest BCUT2D eigenvalue weighted by atomic mass is 32.2. The van der Waals surface area contributed by atoms with E-state index in [9.17, 15) is 13.2 Å². The molecule has 0 aromatic heterocycles. The van der Waals surface area contributed by atoms with Gasteiger partial charge in [0.05, 0.1) is 11.5 Å². The van der Waals surface area contributed by atoms with Crippen molar-refractivity contribution in [3.63, 3.8) is 0 Å². The van der Waals surface area contributed by atoms with Crippen LogP contribution in [0.1, 0.15) is 27.7 Å². The van der Waals surface area contributed by atoms with Crippen LogP contribution in [-0.4, -0.2) is 32.9 Å². The first-order valence-electron chi connectivity index (χ1n) is 7.37. The lowest BCUT2D eigenvalue weighted by atomic mass is 10.1. The van der Waals surface area contributed by atoms with E-state index in [-0.39, 0.29) is 18.1 Å². The molecule has 1 aromatic carbocycles. The van der Waals surface area contributed by atoms with Crippen LogP contribution in [0, 0.1) is 17.8 Å². The van der Waals surface area contributed by atoms with Gasteiger partial charge in [-0.25, -0.2) is 8.42 Å². The van der Waals surface area contributed by atoms with Gasteiger partial charge in [-0.3, -0.25) is 4.79 Å². The second-order valence-electron chi connectivity index (χ2n) is 5.15. The van der Waals surface area contributed by atoms with Crippen LogP contribution < -0.4 is 4.74 Å². The van der Waals surface area contributed by atoms with Gasteiger partial charge < -0.3 is 9.47 Å². The second-order valence-corrected chi connectivity index (χ2v) is 7.22. The maximum atomic E-state index is 12.7. The SMILES string of the molecule is CC#CCOc1ccc(S(=O)(=O)C(C(=O)OCC)C(C)C)cc1. The van der Waals surface area contributed by atoms with Crippen molar-refractivity contribution >= 4 is 15.8 Å². The molecule has 1 unspecified atom stereocenters. The number of carbonyl (C=O) groups is 1. The van der Waals surface area contributed by atoms with Crippen molar-refractivity contribution in [1.82, 2.24) is 0 Å². The Balaban J connectivity index is 3.05. The van der Waals surface area contributed by atoms with Gasteiger partial charge in [0.25, 0.3) is 0 Å². The van der Waals surface area contributed by atoms with Crippen molar-refractivity contribution < 1.29 is 22.7 Å². The Labute approximate surface area is 137 Å². The molecule has 23 heavy (non-hydrogen) atoms. The van der Waals surface area contributed by atoms with E-state index in [1.54, 1.807) is 39.8 Å². The Hall–Kier alpha value is -2.00. The van der Waals surface area contributed by atoms with Gasteiger partial charge in [0.1, 0.15) is 12.4 Å². The third-order valence-corrected chi connectivity index (χ3v) is 5.43. The molecule has 0 heterocycles. The number of sulfone groups is 1. The van der Waals surface area contributed by atoms with Crippen LogP contribution >= 0.6 is 0 Å². The lowest BCUT2D eigenvalue weighted by Gasteiger charge is -2.19. The van der Waals surface area contributed by atoms with Crippen LogP contribution in [0.25, 0.3) is 0 Å². The van der Waals surface area contributed by atoms with Gasteiger partial charge >= 0.3 is 5.97 Å². The number of ether oxygens (including phenoxy) is 2. The molecule has 0 bridgehead atoms. The van der Waals surface area contributed by atoms with E-state index in [0.29, 0.717) is 5.75 Å². The van der Waals surface area contributed by atoms with Crippen LogP contribution in [-0.2, 0) is 19.4 Å². The summed E-state index contributed by atoms with van der Waals surface area (Å²) in [6, 6.07) is 5.96. The summed E-state index contributed by atoms with van der Waals surface area (Å²) in [6.45, 7) is 7.09. The quantitative estimate of drug-likeness (QED) is 0.564. The van der Waals surface area contributed by atoms with E-state index < -0.39 is 27.0 Å². The average molecular weight is 338 g/mol. The van der Waals surface area contributed by atoms with Crippen LogP contribution in [0.5, 0.6) is 5.75 Å². The maximum Gasteiger partial charge on any atom is 0.324 e. The molecule has 1 atom stereocenters. The zero-order chi connectivity index (χ0) is 17.5. The topological polar surface area (TPSA) is 69.7 Å². The number of benzene rings is 1. The lowest BCUT2D eigenvalue weighted by molar-refractivity contribution is -0.143. The van der Waals surface area contributed by atoms with Gasteiger partial charge in [0, 0.05) is 0 Å². The van der Waals surface area contributed by atoms with E-state index in [2.05, 4.69) is 11.8 Å². The van der Waals surface area contributed by atoms with Crippen molar-refractivity contribution in [2.24, 2.45) is 5.92 Å². The number of carbonyl (C=O) groups excluding carboxylic acids is 1. The molecule has 0 saturated heterocycles. The first-order chi connectivity index (χ1) is 10.8. The first kappa shape index (κ1) is 19.0. The molecule has 0 aliphatic heterocycles. The number of esters is 1. The highest BCUT2D eigenvalue weighted by Gasteiger charge is 2.37. The average Bonchev–Trinajstić information content (AvgIpc) is 2.47. The number of rotatable bonds is 7. The maximum absolute atomic E-state index is 12.7. The molecule has 0 saturated carbocycles. The summed E-state index contributed by atoms with van der Waals surface area (Å²) in [5, 5.41) is -1.22. The summed E-state index contributed by atoms with van der Waals surface area (Å²) >= 11 is 0. The zero-order valence-corrected chi connectivity index (χ0v) is 14.6. The molecule has 0 N–H and O–H groups in total. The molecular weight excluding hydrogens is 316 g/mol. The Morgan fingerprint density at radius 1 is 1.22 bits per heavy atom. The fourth-order valence-corrected chi connectivity index (χ4v) is 3.89. The Bertz CT molecular complexity index is 678. The van der Waals surface area contributed by atoms with E-state index in [1.807, 2.05) is 0 Å². The fourth-order valence-electron chi connectivity index (χ4n) is 2.05. The summed E-state index contributed by atoms with van der Waals surface area (Å²) in [5.74, 6) is 4.86. The fraction of sp³-hybridized carbons (Fsp3) is 0.471. The monoisotopic (exact) mass is 338 g/mol. The molecule has 0 aliphatic rings. The molecule has 1 rings (SSSR count). The van der Waals surface area contributed by atoms with Gasteiger partial charge in [-0.15, -0.1) is 5.92 Å². The second kappa shape index (κ2) is 8.59. The van der Waals surface area contributed by atoms with Crippen molar-refractivity contribution in [3.8, 4) is 17.6 Å². The molecule has 0 radical (unpaired) electrons. The van der Waals surface area contributed by atoms with Crippen molar-refractivity contribution in [1.29, 1.82) is 0 Å². The standard InChI is InChI=1S/C17H22O5S/c1-5-7-12-22-14-8-10-15(11-9-14)23(19,20)16(13(3)4)17(18)21-6-2/h8-11,13,16H,6,12H2,1-4H3. The third-order valence-electron chi connectivity index (χ3n) is 3.10. The molecule has 126 valence electrons.